The van der Waals surface area contributed by atoms with E-state index in [1.807, 2.05) is 0 Å². The van der Waals surface area contributed by atoms with Crippen LogP contribution in [0.4, 0.5) is 11.5 Å². The Kier molecular flexibility index (Phi) is 5.40. The van der Waals surface area contributed by atoms with Crippen LogP contribution in [0, 0.1) is 0 Å². The van der Waals surface area contributed by atoms with Gasteiger partial charge in [0.15, 0.2) is 0 Å². The Morgan fingerprint density at radius 2 is 2.24 bits per heavy atom. The predicted octanol–water partition coefficient (Wildman–Crippen LogP) is 1.89. The fourth-order valence-corrected chi connectivity index (χ4v) is 1.68. The molecule has 4 N–H and O–H groups in total. The van der Waals surface area contributed by atoms with Gasteiger partial charge in [0.1, 0.15) is 11.6 Å². The van der Waals surface area contributed by atoms with E-state index in [0.717, 1.165) is 6.42 Å². The number of nitrogen functional groups attached to an aromatic ring is 1. The summed E-state index contributed by atoms with van der Waals surface area (Å²) in [7, 11) is 0. The van der Waals surface area contributed by atoms with Crippen LogP contribution >= 0.6 is 0 Å². The van der Waals surface area contributed by atoms with Gasteiger partial charge in [0.25, 0.3) is 0 Å². The first-order valence-corrected chi connectivity index (χ1v) is 6.69. The van der Waals surface area contributed by atoms with Gasteiger partial charge in [0.2, 0.25) is 5.91 Å². The van der Waals surface area contributed by atoms with E-state index >= 15 is 0 Å². The lowest BCUT2D eigenvalue weighted by Crippen LogP contribution is -2.23. The fourth-order valence-electron chi connectivity index (χ4n) is 1.68. The number of aromatic nitrogens is 1. The van der Waals surface area contributed by atoms with Gasteiger partial charge in [-0.05, 0) is 36.8 Å². The van der Waals surface area contributed by atoms with E-state index in [2.05, 4.69) is 15.6 Å². The smallest absolute Gasteiger partial charge is 0.244 e. The minimum absolute atomic E-state index is 0.149. The number of carbonyl (C=O) groups excluding carboxylic acids is 1. The molecule has 0 aliphatic carbocycles. The number of hydrogen-bond donors (Lipinski definition) is 3. The molecule has 2 aromatic rings. The van der Waals surface area contributed by atoms with Crippen LogP contribution < -0.4 is 16.4 Å². The van der Waals surface area contributed by atoms with Crippen molar-refractivity contribution in [3.63, 3.8) is 0 Å². The second kappa shape index (κ2) is 7.74. The maximum atomic E-state index is 11.5. The Bertz CT molecular complexity index is 593. The molecule has 110 valence electrons. The van der Waals surface area contributed by atoms with E-state index < -0.39 is 0 Å². The third-order valence-electron chi connectivity index (χ3n) is 2.73. The molecule has 0 fully saturated rings. The largest absolute Gasteiger partial charge is 0.465 e. The molecule has 1 amide bonds. The van der Waals surface area contributed by atoms with Crippen LogP contribution in [0.25, 0.3) is 6.08 Å². The highest BCUT2D eigenvalue weighted by atomic mass is 16.3. The lowest BCUT2D eigenvalue weighted by atomic mass is 10.3. The summed E-state index contributed by atoms with van der Waals surface area (Å²) in [6.45, 7) is 1.25. The van der Waals surface area contributed by atoms with Crippen LogP contribution in [-0.2, 0) is 4.79 Å². The molecule has 0 spiro atoms. The number of rotatable bonds is 7. The Balaban J connectivity index is 1.61. The molecule has 2 heterocycles. The molecule has 0 aromatic carbocycles. The summed E-state index contributed by atoms with van der Waals surface area (Å²) < 4.78 is 5.09. The van der Waals surface area contributed by atoms with Gasteiger partial charge < -0.3 is 20.8 Å². The van der Waals surface area contributed by atoms with Gasteiger partial charge >= 0.3 is 0 Å². The summed E-state index contributed by atoms with van der Waals surface area (Å²) in [4.78, 5) is 15.7. The Morgan fingerprint density at radius 3 is 3.00 bits per heavy atom. The normalized spacial score (nSPS) is 10.7. The standard InChI is InChI=1S/C15H18N4O2/c16-13-5-1-8-18-15(13)19-10-3-9-17-14(20)7-6-12-4-2-11-21-12/h1-2,4-8,11H,3,9-10,16H2,(H,17,20)(H,18,19)/b7-6+. The molecule has 0 aliphatic rings. The highest BCUT2D eigenvalue weighted by molar-refractivity contribution is 5.91. The van der Waals surface area contributed by atoms with E-state index in [0.29, 0.717) is 30.4 Å². The monoisotopic (exact) mass is 286 g/mol. The third kappa shape index (κ3) is 5.02. The first-order valence-electron chi connectivity index (χ1n) is 6.69. The molecule has 2 aromatic heterocycles. The average Bonchev–Trinajstić information content (AvgIpc) is 3.00. The predicted molar refractivity (Wildman–Crippen MR) is 82.5 cm³/mol. The molecule has 0 unspecified atom stereocenters. The number of hydrogen-bond acceptors (Lipinski definition) is 5. The fraction of sp³-hybridized carbons (Fsp3) is 0.200. The molecule has 0 aliphatic heterocycles. The van der Waals surface area contributed by atoms with E-state index in [1.54, 1.807) is 42.8 Å². The van der Waals surface area contributed by atoms with Crippen LogP contribution in [-0.4, -0.2) is 24.0 Å². The number of pyridine rings is 1. The molecule has 0 radical (unpaired) electrons. The van der Waals surface area contributed by atoms with E-state index in [-0.39, 0.29) is 5.91 Å². The van der Waals surface area contributed by atoms with Gasteiger partial charge in [0.05, 0.1) is 12.0 Å². The van der Waals surface area contributed by atoms with E-state index in [1.165, 1.54) is 6.08 Å². The second-order valence-corrected chi connectivity index (χ2v) is 4.36. The number of amides is 1. The summed E-state index contributed by atoms with van der Waals surface area (Å²) in [5.74, 6) is 1.17. The summed E-state index contributed by atoms with van der Waals surface area (Å²) in [5, 5.41) is 5.91. The maximum absolute atomic E-state index is 11.5. The van der Waals surface area contributed by atoms with Crippen molar-refractivity contribution in [3.05, 3.63) is 48.6 Å². The quantitative estimate of drug-likeness (QED) is 0.534. The molecule has 6 nitrogen and oxygen atoms in total. The van der Waals surface area contributed by atoms with Gasteiger partial charge in [-0.1, -0.05) is 0 Å². The van der Waals surface area contributed by atoms with Crippen molar-refractivity contribution in [1.29, 1.82) is 0 Å². The van der Waals surface area contributed by atoms with Crippen molar-refractivity contribution in [2.45, 2.75) is 6.42 Å². The van der Waals surface area contributed by atoms with Crippen LogP contribution in [0.15, 0.2) is 47.2 Å². The molecule has 21 heavy (non-hydrogen) atoms. The van der Waals surface area contributed by atoms with Crippen LogP contribution in [0.5, 0.6) is 0 Å². The zero-order valence-electron chi connectivity index (χ0n) is 11.6. The second-order valence-electron chi connectivity index (χ2n) is 4.36. The number of nitrogens with two attached hydrogens (primary N) is 1. The Labute approximate surface area is 123 Å². The SMILES string of the molecule is Nc1cccnc1NCCCNC(=O)/C=C/c1ccco1. The first kappa shape index (κ1) is 14.6. The van der Waals surface area contributed by atoms with Gasteiger partial charge in [-0.15, -0.1) is 0 Å². The van der Waals surface area contributed by atoms with Gasteiger partial charge in [0, 0.05) is 25.4 Å². The van der Waals surface area contributed by atoms with Crippen molar-refractivity contribution in [1.82, 2.24) is 10.3 Å². The third-order valence-corrected chi connectivity index (χ3v) is 2.73. The molecule has 6 heteroatoms. The lowest BCUT2D eigenvalue weighted by molar-refractivity contribution is -0.116. The van der Waals surface area contributed by atoms with Crippen molar-refractivity contribution < 1.29 is 9.21 Å². The highest BCUT2D eigenvalue weighted by Gasteiger charge is 1.99. The lowest BCUT2D eigenvalue weighted by Gasteiger charge is -2.07. The summed E-state index contributed by atoms with van der Waals surface area (Å²) in [6, 6.07) is 7.13. The zero-order chi connectivity index (χ0) is 14.9. The van der Waals surface area contributed by atoms with Crippen LogP contribution in [0.3, 0.4) is 0 Å². The Hall–Kier alpha value is -2.76. The molecule has 0 atom stereocenters. The van der Waals surface area contributed by atoms with Gasteiger partial charge in [-0.2, -0.15) is 0 Å². The molecular weight excluding hydrogens is 268 g/mol. The minimum Gasteiger partial charge on any atom is -0.465 e. The molecule has 2 rings (SSSR count). The van der Waals surface area contributed by atoms with E-state index in [9.17, 15) is 4.79 Å². The Morgan fingerprint density at radius 1 is 1.33 bits per heavy atom. The zero-order valence-corrected chi connectivity index (χ0v) is 11.6. The minimum atomic E-state index is -0.149. The van der Waals surface area contributed by atoms with Gasteiger partial charge in [-0.3, -0.25) is 4.79 Å². The summed E-state index contributed by atoms with van der Waals surface area (Å²) >= 11 is 0. The van der Waals surface area contributed by atoms with Crippen molar-refractivity contribution in [3.8, 4) is 0 Å². The van der Waals surface area contributed by atoms with Crippen molar-refractivity contribution >= 4 is 23.5 Å². The van der Waals surface area contributed by atoms with Crippen LogP contribution in [0.1, 0.15) is 12.2 Å². The van der Waals surface area contributed by atoms with Crippen molar-refractivity contribution in [2.24, 2.45) is 0 Å². The number of furan rings is 1. The summed E-state index contributed by atoms with van der Waals surface area (Å²) in [6.07, 6.45) is 7.09. The number of nitrogens with zero attached hydrogens (tertiary/aromatic N) is 1. The first-order chi connectivity index (χ1) is 10.3. The highest BCUT2D eigenvalue weighted by Crippen LogP contribution is 2.12. The van der Waals surface area contributed by atoms with Gasteiger partial charge in [-0.25, -0.2) is 4.98 Å². The van der Waals surface area contributed by atoms with Crippen molar-refractivity contribution in [2.75, 3.05) is 24.1 Å². The average molecular weight is 286 g/mol. The number of carbonyl (C=O) groups is 1. The molecular formula is C15H18N4O2. The number of nitrogens with one attached hydrogen (secondary N) is 2. The van der Waals surface area contributed by atoms with Crippen LogP contribution in [0.2, 0.25) is 0 Å². The van der Waals surface area contributed by atoms with E-state index in [4.69, 9.17) is 10.2 Å². The molecule has 0 saturated carbocycles. The summed E-state index contributed by atoms with van der Waals surface area (Å²) in [5.41, 5.74) is 6.37. The number of anilines is 2. The topological polar surface area (TPSA) is 93.2 Å². The molecule has 0 bridgehead atoms. The maximum Gasteiger partial charge on any atom is 0.244 e. The molecule has 0 saturated heterocycles.